The number of piperidine rings is 3. The summed E-state index contributed by atoms with van der Waals surface area (Å²) in [6.45, 7) is 7.53. The van der Waals surface area contributed by atoms with Crippen LogP contribution in [-0.4, -0.2) is 112 Å². The number of rotatable bonds is 13. The van der Waals surface area contributed by atoms with Gasteiger partial charge in [-0.2, -0.15) is 4.98 Å². The molecule has 65 heavy (non-hydrogen) atoms. The van der Waals surface area contributed by atoms with Crippen LogP contribution >= 0.6 is 11.6 Å². The molecule has 9 rings (SSSR count). The SMILES string of the molecule is CNC(=O)COc1cc2cc(Nc3nc(N4CCC(OC5CC(N6CCC(c7ccc8c(c7F)CN(C7CCC(=O)NC7=O)C8=O)CC6)C5)CC4)ncc3Cl)ccc2n(CC(C)C)c1=O. The molecule has 1 aliphatic carbocycles. The summed E-state index contributed by atoms with van der Waals surface area (Å²) >= 11 is 6.61. The second-order valence-corrected chi connectivity index (χ2v) is 18.7. The molecule has 1 saturated carbocycles. The molecule has 18 heteroatoms. The molecule has 2 aromatic heterocycles. The van der Waals surface area contributed by atoms with Crippen molar-refractivity contribution in [2.45, 2.75) is 109 Å². The highest BCUT2D eigenvalue weighted by atomic mass is 35.5. The van der Waals surface area contributed by atoms with E-state index in [9.17, 15) is 24.0 Å². The Kier molecular flexibility index (Phi) is 12.8. The van der Waals surface area contributed by atoms with Crippen LogP contribution in [0.4, 0.5) is 21.8 Å². The highest BCUT2D eigenvalue weighted by Crippen LogP contribution is 2.39. The van der Waals surface area contributed by atoms with Crippen LogP contribution in [0.1, 0.15) is 92.6 Å². The van der Waals surface area contributed by atoms with Crippen molar-refractivity contribution in [1.82, 2.24) is 35.0 Å². The largest absolute Gasteiger partial charge is 0.478 e. The molecule has 344 valence electrons. The van der Waals surface area contributed by atoms with Crippen LogP contribution in [0.2, 0.25) is 5.02 Å². The van der Waals surface area contributed by atoms with Crippen molar-refractivity contribution in [3.8, 4) is 5.75 Å². The minimum atomic E-state index is -0.769. The Labute approximate surface area is 381 Å². The average molecular weight is 912 g/mol. The van der Waals surface area contributed by atoms with Gasteiger partial charge >= 0.3 is 0 Å². The lowest BCUT2D eigenvalue weighted by Gasteiger charge is -2.47. The number of fused-ring (bicyclic) bond motifs is 2. The Morgan fingerprint density at radius 1 is 0.985 bits per heavy atom. The zero-order valence-electron chi connectivity index (χ0n) is 36.9. The molecular formula is C47H55ClFN9O7. The van der Waals surface area contributed by atoms with Gasteiger partial charge < -0.3 is 39.4 Å². The second kappa shape index (κ2) is 18.7. The van der Waals surface area contributed by atoms with Gasteiger partial charge in [0.05, 0.1) is 30.5 Å². The van der Waals surface area contributed by atoms with E-state index in [-0.39, 0.29) is 84.9 Å². The number of carbonyl (C=O) groups excluding carboxylic acids is 4. The van der Waals surface area contributed by atoms with Gasteiger partial charge in [-0.15, -0.1) is 0 Å². The molecule has 4 fully saturated rings. The second-order valence-electron chi connectivity index (χ2n) is 18.3. The van der Waals surface area contributed by atoms with E-state index < -0.39 is 11.9 Å². The van der Waals surface area contributed by atoms with Crippen molar-refractivity contribution < 1.29 is 33.0 Å². The summed E-state index contributed by atoms with van der Waals surface area (Å²) in [5.74, 6) is -0.512. The first kappa shape index (κ1) is 44.5. The minimum Gasteiger partial charge on any atom is -0.478 e. The molecule has 4 aromatic rings. The number of aromatic nitrogens is 3. The highest BCUT2D eigenvalue weighted by Gasteiger charge is 2.42. The molecule has 2 aromatic carbocycles. The first-order chi connectivity index (χ1) is 31.3. The number of pyridine rings is 1. The first-order valence-corrected chi connectivity index (χ1v) is 23.1. The van der Waals surface area contributed by atoms with E-state index >= 15 is 4.39 Å². The molecule has 4 aliphatic heterocycles. The Morgan fingerprint density at radius 3 is 2.48 bits per heavy atom. The molecule has 3 N–H and O–H groups in total. The topological polar surface area (TPSA) is 180 Å². The molecule has 6 heterocycles. The van der Waals surface area contributed by atoms with Crippen LogP contribution in [0.15, 0.2) is 47.4 Å². The highest BCUT2D eigenvalue weighted by molar-refractivity contribution is 6.33. The number of carbonyl (C=O) groups is 4. The van der Waals surface area contributed by atoms with Crippen LogP contribution in [-0.2, 0) is 32.2 Å². The fraction of sp³-hybridized carbons (Fsp3) is 0.511. The van der Waals surface area contributed by atoms with Gasteiger partial charge in [0.1, 0.15) is 16.9 Å². The molecule has 5 aliphatic rings. The lowest BCUT2D eigenvalue weighted by Crippen LogP contribution is -2.52. The monoisotopic (exact) mass is 911 g/mol. The summed E-state index contributed by atoms with van der Waals surface area (Å²) < 4.78 is 29.9. The Bertz CT molecular complexity index is 2570. The van der Waals surface area contributed by atoms with E-state index in [4.69, 9.17) is 26.1 Å². The number of anilines is 3. The average Bonchev–Trinajstić information content (AvgIpc) is 3.62. The number of benzene rings is 2. The van der Waals surface area contributed by atoms with Crippen molar-refractivity contribution in [2.24, 2.45) is 5.92 Å². The van der Waals surface area contributed by atoms with Gasteiger partial charge in [-0.1, -0.05) is 31.5 Å². The predicted octanol–water partition coefficient (Wildman–Crippen LogP) is 5.27. The molecule has 1 atom stereocenters. The fourth-order valence-electron chi connectivity index (χ4n) is 9.96. The van der Waals surface area contributed by atoms with E-state index in [1.54, 1.807) is 29.0 Å². The molecule has 0 bridgehead atoms. The van der Waals surface area contributed by atoms with Crippen molar-refractivity contribution in [1.29, 1.82) is 0 Å². The third-order valence-corrected chi connectivity index (χ3v) is 13.9. The molecule has 3 saturated heterocycles. The lowest BCUT2D eigenvalue weighted by molar-refractivity contribution is -0.137. The van der Waals surface area contributed by atoms with Gasteiger partial charge in [-0.05, 0) is 106 Å². The molecule has 0 spiro atoms. The van der Waals surface area contributed by atoms with Gasteiger partial charge in [-0.25, -0.2) is 9.37 Å². The Hall–Kier alpha value is -5.65. The van der Waals surface area contributed by atoms with Gasteiger partial charge in [0.25, 0.3) is 17.4 Å². The minimum absolute atomic E-state index is 0.0380. The third-order valence-electron chi connectivity index (χ3n) is 13.6. The lowest BCUT2D eigenvalue weighted by atomic mass is 9.83. The van der Waals surface area contributed by atoms with Crippen LogP contribution in [0, 0.1) is 11.7 Å². The first-order valence-electron chi connectivity index (χ1n) is 22.7. The Morgan fingerprint density at radius 2 is 1.75 bits per heavy atom. The van der Waals surface area contributed by atoms with Crippen LogP contribution < -0.4 is 31.1 Å². The number of imide groups is 1. The molecule has 16 nitrogen and oxygen atoms in total. The summed E-state index contributed by atoms with van der Waals surface area (Å²) in [5, 5.41) is 9.27. The number of hydrogen-bond acceptors (Lipinski definition) is 12. The van der Waals surface area contributed by atoms with Gasteiger partial charge in [0.15, 0.2) is 18.2 Å². The number of amides is 4. The van der Waals surface area contributed by atoms with Gasteiger partial charge in [0.2, 0.25) is 17.8 Å². The van der Waals surface area contributed by atoms with Crippen LogP contribution in [0.5, 0.6) is 5.75 Å². The number of halogens is 2. The summed E-state index contributed by atoms with van der Waals surface area (Å²) in [6, 6.07) is 10.4. The van der Waals surface area contributed by atoms with Crippen molar-refractivity contribution in [3.63, 3.8) is 0 Å². The smallest absolute Gasteiger partial charge is 0.293 e. The van der Waals surface area contributed by atoms with E-state index in [2.05, 4.69) is 30.7 Å². The standard InChI is InChI=1S/C47H55ClFN9O7/c1-26(2)23-57-37-7-4-29(18-28(37)19-39(46(57)63)64-25-41(60)50-3)52-43-36(48)22-51-47(54-43)56-16-12-31(13-17-56)65-32-20-30(21-32)55-14-10-27(11-15-55)33-5-6-34-35(42(33)49)24-58(45(34)62)38-8-9-40(59)53-44(38)61/h4-7,18-19,22,26-27,30-32,38H,8-17,20-21,23-25H2,1-3H3,(H,50,60)(H,51,52,54)(H,53,59,61). The van der Waals surface area contributed by atoms with Crippen molar-refractivity contribution >= 4 is 63.6 Å². The summed E-state index contributed by atoms with van der Waals surface area (Å²) in [6.07, 6.45) is 7.64. The van der Waals surface area contributed by atoms with E-state index in [1.807, 2.05) is 32.0 Å². The summed E-state index contributed by atoms with van der Waals surface area (Å²) in [7, 11) is 1.51. The molecule has 4 amide bonds. The maximum atomic E-state index is 16.0. The molecule has 0 radical (unpaired) electrons. The predicted molar refractivity (Wildman–Crippen MR) is 242 cm³/mol. The van der Waals surface area contributed by atoms with E-state index in [0.29, 0.717) is 51.8 Å². The van der Waals surface area contributed by atoms with Crippen LogP contribution in [0.25, 0.3) is 10.9 Å². The Balaban J connectivity index is 0.748. The maximum absolute atomic E-state index is 16.0. The third kappa shape index (κ3) is 9.27. The summed E-state index contributed by atoms with van der Waals surface area (Å²) in [5.41, 5.74) is 2.45. The quantitative estimate of drug-likeness (QED) is 0.148. The molecular weight excluding hydrogens is 857 g/mol. The normalized spacial score (nSPS) is 22.0. The summed E-state index contributed by atoms with van der Waals surface area (Å²) in [4.78, 5) is 77.9. The van der Waals surface area contributed by atoms with Crippen molar-refractivity contribution in [2.75, 3.05) is 50.1 Å². The van der Waals surface area contributed by atoms with Gasteiger partial charge in [0, 0.05) is 61.3 Å². The number of nitrogens with zero attached hydrogens (tertiary/aromatic N) is 6. The van der Waals surface area contributed by atoms with Gasteiger partial charge in [-0.3, -0.25) is 29.3 Å². The molecule has 1 unspecified atom stereocenters. The number of nitrogens with one attached hydrogen (secondary N) is 3. The zero-order chi connectivity index (χ0) is 45.5. The zero-order valence-corrected chi connectivity index (χ0v) is 37.7. The maximum Gasteiger partial charge on any atom is 0.293 e. The number of hydrogen-bond donors (Lipinski definition) is 3. The fourth-order valence-corrected chi connectivity index (χ4v) is 10.1. The number of likely N-dealkylation sites (tertiary alicyclic amines) is 1. The number of ether oxygens (including phenoxy) is 2. The van der Waals surface area contributed by atoms with Crippen molar-refractivity contribution in [3.05, 3.63) is 80.5 Å². The van der Waals surface area contributed by atoms with Crippen LogP contribution in [0.3, 0.4) is 0 Å². The number of likely N-dealkylation sites (N-methyl/N-ethyl adjacent to an activating group) is 1. The van der Waals surface area contributed by atoms with E-state index in [0.717, 1.165) is 75.6 Å². The van der Waals surface area contributed by atoms with E-state index in [1.165, 1.54) is 11.9 Å².